The average Bonchev–Trinajstić information content (AvgIpc) is 2.37. The third-order valence-electron chi connectivity index (χ3n) is 2.72. The highest BCUT2D eigenvalue weighted by atomic mass is 35.5. The molecule has 0 fully saturated rings. The van der Waals surface area contributed by atoms with Crippen molar-refractivity contribution in [2.45, 2.75) is 25.3 Å². The maximum Gasteiger partial charge on any atom is 0.220 e. The number of aliphatic hydroxyl groups is 2. The number of nitrogens with one attached hydrogen (secondary N) is 1. The summed E-state index contributed by atoms with van der Waals surface area (Å²) in [5.74, 6) is -0.222. The molecule has 1 aromatic rings. The molecule has 5 heteroatoms. The molecule has 100 valence electrons. The Kier molecular flexibility index (Phi) is 5.59. The number of carbonyl (C=O) groups is 1. The van der Waals surface area contributed by atoms with Crippen LogP contribution < -0.4 is 5.32 Å². The third-order valence-corrected chi connectivity index (χ3v) is 3.09. The van der Waals surface area contributed by atoms with Gasteiger partial charge in [-0.3, -0.25) is 4.79 Å². The Morgan fingerprint density at radius 1 is 1.33 bits per heavy atom. The molecule has 0 atom stereocenters. The van der Waals surface area contributed by atoms with E-state index in [0.717, 1.165) is 5.56 Å². The number of halogens is 1. The zero-order chi connectivity index (χ0) is 13.6. The molecule has 0 aromatic heterocycles. The van der Waals surface area contributed by atoms with Gasteiger partial charge in [-0.25, -0.2) is 0 Å². The highest BCUT2D eigenvalue weighted by Gasteiger charge is 2.24. The summed E-state index contributed by atoms with van der Waals surface area (Å²) in [4.78, 5) is 11.7. The lowest BCUT2D eigenvalue weighted by molar-refractivity contribution is -0.124. The van der Waals surface area contributed by atoms with Crippen LogP contribution in [0.25, 0.3) is 0 Å². The number of hydrogen-bond acceptors (Lipinski definition) is 3. The van der Waals surface area contributed by atoms with Crippen LogP contribution >= 0.6 is 11.6 Å². The van der Waals surface area contributed by atoms with Crippen molar-refractivity contribution in [3.05, 3.63) is 34.9 Å². The van der Waals surface area contributed by atoms with Gasteiger partial charge in [0.05, 0.1) is 18.8 Å². The maximum absolute atomic E-state index is 11.7. The Balaban J connectivity index is 2.50. The normalized spacial score (nSPS) is 11.3. The fraction of sp³-hybridized carbons (Fsp3) is 0.462. The molecular weight excluding hydrogens is 254 g/mol. The minimum atomic E-state index is -0.975. The van der Waals surface area contributed by atoms with E-state index in [2.05, 4.69) is 5.32 Å². The second kappa shape index (κ2) is 6.73. The van der Waals surface area contributed by atoms with Gasteiger partial charge in [-0.15, -0.1) is 0 Å². The van der Waals surface area contributed by atoms with E-state index < -0.39 is 5.54 Å². The van der Waals surface area contributed by atoms with Crippen LogP contribution in [0.5, 0.6) is 0 Å². The van der Waals surface area contributed by atoms with E-state index in [-0.39, 0.29) is 25.5 Å². The van der Waals surface area contributed by atoms with Crippen molar-refractivity contribution in [1.29, 1.82) is 0 Å². The molecule has 18 heavy (non-hydrogen) atoms. The van der Waals surface area contributed by atoms with Crippen molar-refractivity contribution in [2.75, 3.05) is 13.2 Å². The quantitative estimate of drug-likeness (QED) is 0.727. The molecule has 1 amide bonds. The van der Waals surface area contributed by atoms with Crippen LogP contribution in [-0.4, -0.2) is 34.9 Å². The molecule has 0 saturated heterocycles. The van der Waals surface area contributed by atoms with E-state index in [4.69, 9.17) is 21.8 Å². The predicted octanol–water partition coefficient (Wildman–Crippen LogP) is 1.13. The van der Waals surface area contributed by atoms with Gasteiger partial charge >= 0.3 is 0 Å². The Bertz CT molecular complexity index is 405. The lowest BCUT2D eigenvalue weighted by Gasteiger charge is -2.26. The highest BCUT2D eigenvalue weighted by molar-refractivity contribution is 6.31. The van der Waals surface area contributed by atoms with Crippen molar-refractivity contribution >= 4 is 17.5 Å². The van der Waals surface area contributed by atoms with Crippen LogP contribution in [0, 0.1) is 0 Å². The zero-order valence-corrected chi connectivity index (χ0v) is 11.1. The van der Waals surface area contributed by atoms with Crippen molar-refractivity contribution in [1.82, 2.24) is 5.32 Å². The highest BCUT2D eigenvalue weighted by Crippen LogP contribution is 2.16. The summed E-state index contributed by atoms with van der Waals surface area (Å²) >= 11 is 5.98. The summed E-state index contributed by atoms with van der Waals surface area (Å²) in [5.41, 5.74) is -0.0681. The van der Waals surface area contributed by atoms with Crippen molar-refractivity contribution in [3.8, 4) is 0 Å². The Hall–Kier alpha value is -1.10. The molecule has 0 radical (unpaired) electrons. The van der Waals surface area contributed by atoms with Crippen LogP contribution in [0.3, 0.4) is 0 Å². The third kappa shape index (κ3) is 4.29. The van der Waals surface area contributed by atoms with Gasteiger partial charge in [0.15, 0.2) is 0 Å². The summed E-state index contributed by atoms with van der Waals surface area (Å²) in [6, 6.07) is 7.35. The summed E-state index contributed by atoms with van der Waals surface area (Å²) in [6.45, 7) is 0.975. The number of aryl methyl sites for hydroxylation is 1. The Labute approximate surface area is 112 Å². The van der Waals surface area contributed by atoms with Gasteiger partial charge in [0.25, 0.3) is 0 Å². The summed E-state index contributed by atoms with van der Waals surface area (Å²) < 4.78 is 0. The summed E-state index contributed by atoms with van der Waals surface area (Å²) in [5, 5.41) is 21.4. The Morgan fingerprint density at radius 2 is 1.94 bits per heavy atom. The molecule has 0 spiro atoms. The smallest absolute Gasteiger partial charge is 0.220 e. The largest absolute Gasteiger partial charge is 0.394 e. The first-order valence-corrected chi connectivity index (χ1v) is 6.15. The van der Waals surface area contributed by atoms with Gasteiger partial charge in [0.1, 0.15) is 0 Å². The van der Waals surface area contributed by atoms with Crippen LogP contribution in [0.15, 0.2) is 24.3 Å². The number of aliphatic hydroxyl groups excluding tert-OH is 2. The van der Waals surface area contributed by atoms with Gasteiger partial charge < -0.3 is 15.5 Å². The molecule has 0 saturated carbocycles. The van der Waals surface area contributed by atoms with Gasteiger partial charge in [-0.05, 0) is 25.0 Å². The standard InChI is InChI=1S/C13H18ClNO3/c1-13(8-16,9-17)15-12(18)7-6-10-4-2-3-5-11(10)14/h2-5,16-17H,6-9H2,1H3,(H,15,18). The van der Waals surface area contributed by atoms with E-state index in [1.807, 2.05) is 18.2 Å². The Morgan fingerprint density at radius 3 is 2.50 bits per heavy atom. The van der Waals surface area contributed by atoms with E-state index in [1.165, 1.54) is 0 Å². The van der Waals surface area contributed by atoms with Crippen molar-refractivity contribution in [3.63, 3.8) is 0 Å². The second-order valence-corrected chi connectivity index (χ2v) is 4.92. The fourth-order valence-corrected chi connectivity index (χ4v) is 1.71. The summed E-state index contributed by atoms with van der Waals surface area (Å²) in [7, 11) is 0. The first kappa shape index (κ1) is 15.0. The summed E-state index contributed by atoms with van der Waals surface area (Å²) in [6.07, 6.45) is 0.789. The molecule has 4 nitrogen and oxygen atoms in total. The molecule has 0 unspecified atom stereocenters. The predicted molar refractivity (Wildman–Crippen MR) is 70.5 cm³/mol. The van der Waals surface area contributed by atoms with E-state index in [0.29, 0.717) is 11.4 Å². The topological polar surface area (TPSA) is 69.6 Å². The molecule has 1 aromatic carbocycles. The second-order valence-electron chi connectivity index (χ2n) is 4.52. The molecule has 0 bridgehead atoms. The molecule has 0 aliphatic carbocycles. The molecular formula is C13H18ClNO3. The van der Waals surface area contributed by atoms with E-state index in [1.54, 1.807) is 13.0 Å². The lowest BCUT2D eigenvalue weighted by Crippen LogP contribution is -2.51. The minimum Gasteiger partial charge on any atom is -0.394 e. The van der Waals surface area contributed by atoms with Crippen LogP contribution in [0.2, 0.25) is 5.02 Å². The van der Waals surface area contributed by atoms with Gasteiger partial charge in [-0.2, -0.15) is 0 Å². The molecule has 0 heterocycles. The number of amides is 1. The molecule has 3 N–H and O–H groups in total. The number of hydrogen-bond donors (Lipinski definition) is 3. The van der Waals surface area contributed by atoms with Crippen LogP contribution in [-0.2, 0) is 11.2 Å². The lowest BCUT2D eigenvalue weighted by atomic mass is 10.0. The van der Waals surface area contributed by atoms with E-state index in [9.17, 15) is 4.79 Å². The maximum atomic E-state index is 11.7. The molecule has 1 rings (SSSR count). The number of carbonyl (C=O) groups excluding carboxylic acids is 1. The average molecular weight is 272 g/mol. The van der Waals surface area contributed by atoms with E-state index >= 15 is 0 Å². The van der Waals surface area contributed by atoms with Crippen molar-refractivity contribution in [2.24, 2.45) is 0 Å². The van der Waals surface area contributed by atoms with Crippen LogP contribution in [0.1, 0.15) is 18.9 Å². The molecule has 0 aliphatic heterocycles. The fourth-order valence-electron chi connectivity index (χ4n) is 1.48. The first-order valence-electron chi connectivity index (χ1n) is 5.77. The van der Waals surface area contributed by atoms with Crippen molar-refractivity contribution < 1.29 is 15.0 Å². The zero-order valence-electron chi connectivity index (χ0n) is 10.3. The first-order chi connectivity index (χ1) is 8.50. The monoisotopic (exact) mass is 271 g/mol. The minimum absolute atomic E-state index is 0.222. The van der Waals surface area contributed by atoms with Crippen LogP contribution in [0.4, 0.5) is 0 Å². The van der Waals surface area contributed by atoms with Gasteiger partial charge in [0.2, 0.25) is 5.91 Å². The molecule has 0 aliphatic rings. The van der Waals surface area contributed by atoms with Gasteiger partial charge in [-0.1, -0.05) is 29.8 Å². The number of benzene rings is 1. The number of rotatable bonds is 6. The SMILES string of the molecule is CC(CO)(CO)NC(=O)CCc1ccccc1Cl. The van der Waals surface area contributed by atoms with Gasteiger partial charge in [0, 0.05) is 11.4 Å².